The van der Waals surface area contributed by atoms with Gasteiger partial charge in [0.2, 0.25) is 0 Å². The largest absolute Gasteiger partial charge is 0.465 e. The van der Waals surface area contributed by atoms with E-state index in [9.17, 15) is 19.2 Å². The van der Waals surface area contributed by atoms with Crippen LogP contribution in [0.2, 0.25) is 0 Å². The predicted molar refractivity (Wildman–Crippen MR) is 174 cm³/mol. The van der Waals surface area contributed by atoms with E-state index in [2.05, 4.69) is 0 Å². The van der Waals surface area contributed by atoms with Crippen molar-refractivity contribution in [3.63, 3.8) is 0 Å². The van der Waals surface area contributed by atoms with Gasteiger partial charge in [0.15, 0.2) is 8.64 Å². The number of anilines is 2. The summed E-state index contributed by atoms with van der Waals surface area (Å²) in [6, 6.07) is 13.9. The van der Waals surface area contributed by atoms with E-state index < -0.39 is 11.8 Å². The number of hydrogen-bond acceptors (Lipinski definition) is 10. The van der Waals surface area contributed by atoms with Crippen molar-refractivity contribution < 1.29 is 28.7 Å². The topological polar surface area (TPSA) is 93.2 Å². The highest BCUT2D eigenvalue weighted by Gasteiger charge is 2.43. The minimum atomic E-state index is -0.408. The highest BCUT2D eigenvalue weighted by Crippen LogP contribution is 2.44. The summed E-state index contributed by atoms with van der Waals surface area (Å²) < 4.78 is 11.0. The first-order valence-corrected chi connectivity index (χ1v) is 16.0. The number of thiocarbonyl (C=S) groups is 2. The van der Waals surface area contributed by atoms with E-state index in [1.54, 1.807) is 48.5 Å². The molecule has 0 spiro atoms. The van der Waals surface area contributed by atoms with E-state index in [0.717, 1.165) is 60.3 Å². The second-order valence-electron chi connectivity index (χ2n) is 9.51. The van der Waals surface area contributed by atoms with Gasteiger partial charge in [-0.2, -0.15) is 0 Å². The normalized spacial score (nSPS) is 16.9. The van der Waals surface area contributed by atoms with Gasteiger partial charge < -0.3 is 9.47 Å². The first kappa shape index (κ1) is 31.9. The van der Waals surface area contributed by atoms with Crippen molar-refractivity contribution in [1.29, 1.82) is 0 Å². The minimum Gasteiger partial charge on any atom is -0.465 e. The van der Waals surface area contributed by atoms with E-state index in [-0.39, 0.29) is 34.6 Å². The average Bonchev–Trinajstić information content (AvgIpc) is 3.43. The lowest BCUT2D eigenvalue weighted by Crippen LogP contribution is -2.29. The lowest BCUT2D eigenvalue weighted by molar-refractivity contribution is -0.143. The Morgan fingerprint density at radius 2 is 1.02 bits per heavy atom. The van der Waals surface area contributed by atoms with E-state index >= 15 is 0 Å². The fourth-order valence-electron chi connectivity index (χ4n) is 4.08. The number of carbonyl (C=O) groups is 4. The lowest BCUT2D eigenvalue weighted by atomic mass is 10.1. The molecule has 220 valence electrons. The van der Waals surface area contributed by atoms with Crippen molar-refractivity contribution in [3.05, 3.63) is 69.5 Å². The van der Waals surface area contributed by atoms with Gasteiger partial charge >= 0.3 is 11.9 Å². The third-order valence-electron chi connectivity index (χ3n) is 6.35. The molecule has 2 heterocycles. The zero-order valence-corrected chi connectivity index (χ0v) is 26.5. The molecule has 0 unspecified atom stereocenters. The summed E-state index contributed by atoms with van der Waals surface area (Å²) in [6.07, 6.45) is 3.80. The molecule has 0 aromatic heterocycles. The molecule has 2 aliphatic heterocycles. The van der Waals surface area contributed by atoms with Crippen molar-refractivity contribution in [2.24, 2.45) is 0 Å². The van der Waals surface area contributed by atoms with Crippen LogP contribution in [0, 0.1) is 0 Å². The fourth-order valence-corrected chi connectivity index (χ4v) is 6.83. The Bertz CT molecular complexity index is 1310. The summed E-state index contributed by atoms with van der Waals surface area (Å²) in [5.41, 5.74) is 2.58. The smallest absolute Gasteiger partial charge is 0.310 e. The Hall–Kier alpha value is -3.06. The first-order valence-electron chi connectivity index (χ1n) is 13.6. The molecule has 42 heavy (non-hydrogen) atoms. The number of ether oxygens (including phenoxy) is 2. The highest BCUT2D eigenvalue weighted by molar-refractivity contribution is 8.30. The van der Waals surface area contributed by atoms with Crippen LogP contribution in [-0.2, 0) is 41.5 Å². The van der Waals surface area contributed by atoms with Gasteiger partial charge in [0, 0.05) is 0 Å². The van der Waals surface area contributed by atoms with Crippen LogP contribution in [0.1, 0.15) is 50.7 Å². The van der Waals surface area contributed by atoms with Crippen LogP contribution in [0.4, 0.5) is 11.4 Å². The molecular weight excluding hydrogens is 613 g/mol. The number of rotatable bonds is 12. The molecule has 2 aliphatic rings. The molecule has 0 aliphatic carbocycles. The molecule has 0 saturated carbocycles. The van der Waals surface area contributed by atoms with Crippen LogP contribution in [0.15, 0.2) is 58.3 Å². The van der Waals surface area contributed by atoms with Crippen molar-refractivity contribution >= 4 is 91.7 Å². The number of carbonyl (C=O) groups excluding carboxylic acids is 4. The van der Waals surface area contributed by atoms with E-state index in [4.69, 9.17) is 33.9 Å². The summed E-state index contributed by atoms with van der Waals surface area (Å²) in [5.74, 6) is -1.42. The zero-order chi connectivity index (χ0) is 30.2. The summed E-state index contributed by atoms with van der Waals surface area (Å²) in [5, 5.41) is 0. The Balaban J connectivity index is 1.44. The van der Waals surface area contributed by atoms with Crippen LogP contribution >= 0.6 is 48.0 Å². The monoisotopic (exact) mass is 642 g/mol. The first-order chi connectivity index (χ1) is 20.2. The number of hydrogen-bond donors (Lipinski definition) is 0. The van der Waals surface area contributed by atoms with Crippen molar-refractivity contribution in [1.82, 2.24) is 0 Å². The van der Waals surface area contributed by atoms with Crippen LogP contribution in [-0.4, -0.2) is 45.6 Å². The quantitative estimate of drug-likeness (QED) is 0.117. The Morgan fingerprint density at radius 1 is 0.667 bits per heavy atom. The van der Waals surface area contributed by atoms with E-state index in [1.165, 1.54) is 9.80 Å². The maximum absolute atomic E-state index is 13.5. The average molecular weight is 643 g/mol. The minimum absolute atomic E-state index is 0.134. The third-order valence-corrected chi connectivity index (χ3v) is 9.23. The molecule has 0 N–H and O–H groups in total. The summed E-state index contributed by atoms with van der Waals surface area (Å²) >= 11 is 13.1. The van der Waals surface area contributed by atoms with E-state index in [0.29, 0.717) is 33.2 Å². The number of amides is 2. The number of nitrogens with zero attached hydrogens (tertiary/aromatic N) is 2. The summed E-state index contributed by atoms with van der Waals surface area (Å²) in [7, 11) is 0. The molecule has 2 aromatic carbocycles. The summed E-state index contributed by atoms with van der Waals surface area (Å²) in [6.45, 7) is 4.85. The van der Waals surface area contributed by atoms with Gasteiger partial charge in [-0.15, -0.1) is 0 Å². The van der Waals surface area contributed by atoms with Gasteiger partial charge in [-0.1, -0.05) is 98.9 Å². The van der Waals surface area contributed by atoms with Crippen LogP contribution in [0.5, 0.6) is 0 Å². The van der Waals surface area contributed by atoms with Crippen molar-refractivity contribution in [2.75, 3.05) is 23.0 Å². The summed E-state index contributed by atoms with van der Waals surface area (Å²) in [4.78, 5) is 54.2. The molecule has 2 fully saturated rings. The predicted octanol–water partition coefficient (Wildman–Crippen LogP) is 6.10. The molecular formula is C30H30N2O6S4. The highest BCUT2D eigenvalue weighted by atomic mass is 32.2. The molecule has 2 aromatic rings. The standard InChI is InChI=1S/C30H30N2O6S4/c1-3-5-15-37-23(33)17-19-7-11-21(12-8-19)31-27(35)25(41-29(31)39)26-28(36)32(30(40)42-26)22-13-9-20(10-14-22)18-24(34)38-16-6-4-2/h7-14H,3-6,15-18H2,1-2H3/b26-25+. The second kappa shape index (κ2) is 14.9. The molecule has 0 bridgehead atoms. The molecule has 4 rings (SSSR count). The molecule has 0 atom stereocenters. The fraction of sp³-hybridized carbons (Fsp3) is 0.333. The van der Waals surface area contributed by atoms with E-state index in [1.807, 2.05) is 13.8 Å². The number of thioether (sulfide) groups is 2. The molecule has 2 amide bonds. The second-order valence-corrected chi connectivity index (χ2v) is 12.8. The molecule has 12 heteroatoms. The van der Waals surface area contributed by atoms with Crippen LogP contribution in [0.3, 0.4) is 0 Å². The number of unbranched alkanes of at least 4 members (excludes halogenated alkanes) is 2. The molecule has 0 radical (unpaired) electrons. The maximum atomic E-state index is 13.5. The van der Waals surface area contributed by atoms with Gasteiger partial charge in [0.1, 0.15) is 0 Å². The molecule has 2 saturated heterocycles. The number of benzene rings is 2. The maximum Gasteiger partial charge on any atom is 0.310 e. The van der Waals surface area contributed by atoms with Gasteiger partial charge in [0.25, 0.3) is 11.8 Å². The van der Waals surface area contributed by atoms with Crippen molar-refractivity contribution in [2.45, 2.75) is 52.4 Å². The van der Waals surface area contributed by atoms with Gasteiger partial charge in [0.05, 0.1) is 47.2 Å². The Morgan fingerprint density at radius 3 is 1.36 bits per heavy atom. The zero-order valence-electron chi connectivity index (χ0n) is 23.3. The SMILES string of the molecule is CCCCOC(=O)Cc1ccc(N2C(=O)/C(=C3\SC(=S)N(c4ccc(CC(=O)OCCCC)cc4)C3=O)SC2=S)cc1. The lowest BCUT2D eigenvalue weighted by Gasteiger charge is -2.15. The number of esters is 2. The molecule has 8 nitrogen and oxygen atoms in total. The van der Waals surface area contributed by atoms with Crippen LogP contribution in [0.25, 0.3) is 0 Å². The van der Waals surface area contributed by atoms with Crippen molar-refractivity contribution in [3.8, 4) is 0 Å². The van der Waals surface area contributed by atoms with Gasteiger partial charge in [-0.25, -0.2) is 0 Å². The van der Waals surface area contributed by atoms with Gasteiger partial charge in [-0.05, 0) is 48.2 Å². The Labute approximate surface area is 264 Å². The van der Waals surface area contributed by atoms with Crippen LogP contribution < -0.4 is 9.80 Å². The Kier molecular flexibility index (Phi) is 11.3. The third kappa shape index (κ3) is 7.66. The van der Waals surface area contributed by atoms with Gasteiger partial charge in [-0.3, -0.25) is 29.0 Å².